The number of hydrogen-bond acceptors (Lipinski definition) is 10. The van der Waals surface area contributed by atoms with Crippen LogP contribution in [0, 0.1) is 11.6 Å². The molecule has 260 valence electrons. The molecule has 0 spiro atoms. The number of nitrogens with zero attached hydrogens (tertiary/aromatic N) is 2. The second-order valence-corrected chi connectivity index (χ2v) is 14.6. The number of carboxylic acids is 1. The molecule has 0 unspecified atom stereocenters. The Balaban J connectivity index is 1.20. The molecule has 3 aromatic rings. The fourth-order valence-electron chi connectivity index (χ4n) is 5.02. The van der Waals surface area contributed by atoms with E-state index in [9.17, 15) is 26.8 Å². The molecule has 0 radical (unpaired) electrons. The van der Waals surface area contributed by atoms with Gasteiger partial charge in [0.1, 0.15) is 12.4 Å². The van der Waals surface area contributed by atoms with Crippen molar-refractivity contribution < 1.29 is 41.4 Å². The number of unbranched alkanes of at least 4 members (excludes halogenated alkanes) is 1. The van der Waals surface area contributed by atoms with E-state index >= 15 is 0 Å². The number of benzene rings is 3. The zero-order valence-electron chi connectivity index (χ0n) is 26.2. The third-order valence-corrected chi connectivity index (χ3v) is 10.3. The van der Waals surface area contributed by atoms with Crippen LogP contribution in [0.1, 0.15) is 28.8 Å². The van der Waals surface area contributed by atoms with Crippen molar-refractivity contribution in [3.05, 3.63) is 88.3 Å². The van der Waals surface area contributed by atoms with E-state index in [0.717, 1.165) is 37.0 Å². The summed E-state index contributed by atoms with van der Waals surface area (Å²) >= 11 is 6.53. The second-order valence-electron chi connectivity index (χ2n) is 11.1. The number of carbonyl (C=O) groups excluding carboxylic acids is 1. The second kappa shape index (κ2) is 16.7. The van der Waals surface area contributed by atoms with E-state index in [1.54, 1.807) is 24.3 Å². The zero-order valence-corrected chi connectivity index (χ0v) is 28.6. The van der Waals surface area contributed by atoms with Crippen molar-refractivity contribution in [1.82, 2.24) is 15.3 Å². The lowest BCUT2D eigenvalue weighted by molar-refractivity contribution is -0.124. The number of halogens is 2. The van der Waals surface area contributed by atoms with Crippen molar-refractivity contribution in [2.45, 2.75) is 12.8 Å². The molecular weight excluding hydrogens is 699 g/mol. The molecule has 0 aliphatic carbocycles. The molecule has 2 aliphatic heterocycles. The Kier molecular flexibility index (Phi) is 12.4. The molecule has 11 nitrogen and oxygen atoms in total. The molecule has 3 aromatic carbocycles. The van der Waals surface area contributed by atoms with Gasteiger partial charge in [-0.3, -0.25) is 14.4 Å². The van der Waals surface area contributed by atoms with E-state index < -0.39 is 33.5 Å². The first-order chi connectivity index (χ1) is 23.5. The van der Waals surface area contributed by atoms with Crippen molar-refractivity contribution in [3.63, 3.8) is 0 Å². The largest absolute Gasteiger partial charge is 0.492 e. The van der Waals surface area contributed by atoms with Crippen LogP contribution in [0.4, 0.5) is 14.5 Å². The number of hydrazine groups is 1. The normalized spacial score (nSPS) is 16.4. The number of carbonyl (C=O) groups is 2. The minimum absolute atomic E-state index is 0.0445. The van der Waals surface area contributed by atoms with Crippen LogP contribution in [-0.4, -0.2) is 91.4 Å². The van der Waals surface area contributed by atoms with Gasteiger partial charge in [-0.15, -0.1) is 0 Å². The molecule has 2 aliphatic rings. The molecule has 0 atom stereocenters. The van der Waals surface area contributed by atoms with Crippen LogP contribution in [-0.2, 0) is 19.6 Å². The summed E-state index contributed by atoms with van der Waals surface area (Å²) in [5, 5.41) is 10.2. The number of morpholine rings is 1. The van der Waals surface area contributed by atoms with Crippen molar-refractivity contribution in [1.29, 1.82) is 0 Å². The predicted octanol–water partition coefficient (Wildman–Crippen LogP) is 4.97. The van der Waals surface area contributed by atoms with Crippen LogP contribution < -0.4 is 14.9 Å². The summed E-state index contributed by atoms with van der Waals surface area (Å²) in [6.45, 7) is 4.26. The third kappa shape index (κ3) is 10.1. The molecule has 16 heteroatoms. The summed E-state index contributed by atoms with van der Waals surface area (Å²) in [7, 11) is -3.68. The number of anilines is 1. The summed E-state index contributed by atoms with van der Waals surface area (Å²) in [5.74, 6) is -3.11. The monoisotopic (exact) mass is 732 g/mol. The molecule has 2 heterocycles. The van der Waals surface area contributed by atoms with Gasteiger partial charge < -0.3 is 14.6 Å². The van der Waals surface area contributed by atoms with Crippen LogP contribution in [0.3, 0.4) is 0 Å². The summed E-state index contributed by atoms with van der Waals surface area (Å²) in [6.07, 6.45) is 2.34. The number of rotatable bonds is 15. The van der Waals surface area contributed by atoms with E-state index in [2.05, 4.69) is 15.0 Å². The minimum Gasteiger partial charge on any atom is -0.492 e. The smallest absolute Gasteiger partial charge is 0.335 e. The lowest BCUT2D eigenvalue weighted by Gasteiger charge is -2.26. The van der Waals surface area contributed by atoms with Crippen LogP contribution in [0.15, 0.2) is 65.6 Å². The average molecular weight is 733 g/mol. The van der Waals surface area contributed by atoms with Gasteiger partial charge in [-0.25, -0.2) is 32.4 Å². The van der Waals surface area contributed by atoms with Crippen LogP contribution in [0.2, 0.25) is 0 Å². The molecule has 1 amide bonds. The number of ether oxygens (including phenoxy) is 2. The van der Waals surface area contributed by atoms with Gasteiger partial charge >= 0.3 is 5.97 Å². The van der Waals surface area contributed by atoms with E-state index in [4.69, 9.17) is 26.8 Å². The van der Waals surface area contributed by atoms with Crippen LogP contribution in [0.5, 0.6) is 5.75 Å². The number of thioether (sulfide) groups is 1. The third-order valence-electron chi connectivity index (χ3n) is 7.63. The quantitative estimate of drug-likeness (QED) is 0.111. The van der Waals surface area contributed by atoms with E-state index in [1.165, 1.54) is 35.3 Å². The fraction of sp³-hybridized carbons (Fsp3) is 0.303. The van der Waals surface area contributed by atoms with E-state index in [-0.39, 0.29) is 34.3 Å². The maximum Gasteiger partial charge on any atom is 0.335 e. The molecule has 0 bridgehead atoms. The lowest BCUT2D eigenvalue weighted by atomic mass is 10.0. The van der Waals surface area contributed by atoms with Gasteiger partial charge in [0.2, 0.25) is 10.0 Å². The van der Waals surface area contributed by atoms with E-state index in [0.29, 0.717) is 60.1 Å². The Hall–Kier alpha value is -3.93. The SMILES string of the molecule is O=C(O)c1ccc(NS(=O)(=O)CCCCNN2C(=O)/C(=C/c3cc(-c4ccc(F)c(F)c4)ccc3OCCN3CCOCC3)SC2=S)cc1. The number of nitrogens with one attached hydrogen (secondary N) is 2. The number of thiocarbonyl (C=S) groups is 1. The molecule has 0 aromatic heterocycles. The first-order valence-electron chi connectivity index (χ1n) is 15.4. The van der Waals surface area contributed by atoms with Gasteiger partial charge in [0, 0.05) is 37.4 Å². The highest BCUT2D eigenvalue weighted by Crippen LogP contribution is 2.35. The van der Waals surface area contributed by atoms with Gasteiger partial charge in [0.05, 0.1) is 29.4 Å². The maximum atomic E-state index is 14.0. The summed E-state index contributed by atoms with van der Waals surface area (Å²) < 4.78 is 66.8. The summed E-state index contributed by atoms with van der Waals surface area (Å²) in [6, 6.07) is 14.2. The highest BCUT2D eigenvalue weighted by atomic mass is 32.2. The molecule has 2 fully saturated rings. The average Bonchev–Trinajstić information content (AvgIpc) is 3.34. The molecule has 2 saturated heterocycles. The fourth-order valence-corrected chi connectivity index (χ4v) is 7.41. The highest BCUT2D eigenvalue weighted by Gasteiger charge is 2.32. The van der Waals surface area contributed by atoms with Gasteiger partial charge in [-0.2, -0.15) is 0 Å². The number of amides is 1. The van der Waals surface area contributed by atoms with Gasteiger partial charge in [0.15, 0.2) is 16.0 Å². The Bertz CT molecular complexity index is 1840. The number of aromatic carboxylic acids is 1. The van der Waals surface area contributed by atoms with Crippen molar-refractivity contribution in [3.8, 4) is 16.9 Å². The van der Waals surface area contributed by atoms with Gasteiger partial charge in [-0.1, -0.05) is 36.1 Å². The summed E-state index contributed by atoms with van der Waals surface area (Å²) in [5.41, 5.74) is 4.88. The van der Waals surface area contributed by atoms with E-state index in [1.807, 2.05) is 0 Å². The molecule has 49 heavy (non-hydrogen) atoms. The lowest BCUT2D eigenvalue weighted by Crippen LogP contribution is -2.41. The molecule has 0 saturated carbocycles. The first kappa shape index (κ1) is 36.4. The van der Waals surface area contributed by atoms with Crippen molar-refractivity contribution >= 4 is 62.0 Å². The molecule has 3 N–H and O–H groups in total. The first-order valence-corrected chi connectivity index (χ1v) is 18.2. The number of carboxylic acid groups (broad SMARTS) is 1. The van der Waals surface area contributed by atoms with Gasteiger partial charge in [-0.05, 0) is 78.6 Å². The number of sulfonamides is 1. The molecular formula is C33H34F2N4O7S3. The Labute approximate surface area is 292 Å². The minimum atomic E-state index is -3.68. The number of hydrogen-bond donors (Lipinski definition) is 3. The van der Waals surface area contributed by atoms with Crippen LogP contribution in [0.25, 0.3) is 17.2 Å². The highest BCUT2D eigenvalue weighted by molar-refractivity contribution is 8.26. The van der Waals surface area contributed by atoms with Crippen LogP contribution >= 0.6 is 24.0 Å². The zero-order chi connectivity index (χ0) is 35.0. The summed E-state index contributed by atoms with van der Waals surface area (Å²) in [4.78, 5) is 26.9. The Morgan fingerprint density at radius 1 is 1.02 bits per heavy atom. The topological polar surface area (TPSA) is 138 Å². The van der Waals surface area contributed by atoms with Crippen molar-refractivity contribution in [2.75, 3.05) is 56.5 Å². The Morgan fingerprint density at radius 3 is 2.45 bits per heavy atom. The maximum absolute atomic E-state index is 14.0. The van der Waals surface area contributed by atoms with Gasteiger partial charge in [0.25, 0.3) is 5.91 Å². The van der Waals surface area contributed by atoms with Crippen molar-refractivity contribution in [2.24, 2.45) is 0 Å². The Morgan fingerprint density at radius 2 is 1.73 bits per heavy atom. The molecule has 5 rings (SSSR count). The predicted molar refractivity (Wildman–Crippen MR) is 188 cm³/mol. The standard InChI is InChI=1S/C33H34F2N4O7S3/c34-27-9-5-24(20-28(27)35)23-6-10-29(46-17-14-38-12-15-45-16-13-38)25(19-23)21-30-31(40)39(33(47)48-30)36-11-1-2-18-49(43,44)37-26-7-3-22(4-8-26)32(41)42/h3-10,19-21,36-37H,1-2,11-18H2,(H,41,42)/b30-21-.